The molecule has 1 unspecified atom stereocenters. The summed E-state index contributed by atoms with van der Waals surface area (Å²) in [5, 5.41) is 34.0. The van der Waals surface area contributed by atoms with Gasteiger partial charge >= 0.3 is 5.97 Å². The minimum Gasteiger partial charge on any atom is -0.507 e. The van der Waals surface area contributed by atoms with Crippen LogP contribution in [0.2, 0.25) is 0 Å². The van der Waals surface area contributed by atoms with Crippen molar-refractivity contribution in [1.29, 1.82) is 5.26 Å². The van der Waals surface area contributed by atoms with Gasteiger partial charge < -0.3 is 29.2 Å². The average molecular weight is 836 g/mol. The van der Waals surface area contributed by atoms with Gasteiger partial charge in [-0.05, 0) is 52.5 Å². The zero-order valence-corrected chi connectivity index (χ0v) is 31.2. The number of rotatable bonds is 2. The molecule has 5 aliphatic heterocycles. The molecule has 2 aromatic carbocycles. The van der Waals surface area contributed by atoms with Gasteiger partial charge in [0.2, 0.25) is 6.79 Å². The molecule has 5 aliphatic rings. The number of aryl methyl sites for hydroxylation is 1. The Morgan fingerprint density at radius 3 is 2.52 bits per heavy atom. The summed E-state index contributed by atoms with van der Waals surface area (Å²) in [5.74, 6) is 1.72. The van der Waals surface area contributed by atoms with Gasteiger partial charge in [0.15, 0.2) is 23.0 Å². The van der Waals surface area contributed by atoms with Crippen LogP contribution in [-0.2, 0) is 16.0 Å². The molecule has 5 heterocycles. The number of hydrogen-bond acceptors (Lipinski definition) is 12. The van der Waals surface area contributed by atoms with Crippen LogP contribution in [0.5, 0.6) is 28.7 Å². The topological polar surface area (TPSA) is 128 Å². The number of carbonyl (C=O) groups is 1. The van der Waals surface area contributed by atoms with Gasteiger partial charge in [-0.2, -0.15) is 5.26 Å². The second-order valence-electron chi connectivity index (χ2n) is 12.3. The minimum absolute atomic E-state index is 0. The molecule has 0 aliphatic carbocycles. The molecular weight excluding hydrogens is 799 g/mol. The molecule has 2 aromatic rings. The van der Waals surface area contributed by atoms with Gasteiger partial charge in [-0.3, -0.25) is 19.5 Å². The van der Waals surface area contributed by atoms with Crippen molar-refractivity contribution < 1.29 is 78.0 Å². The smallest absolute Gasteiger partial charge is 0.324 e. The van der Waals surface area contributed by atoms with Gasteiger partial charge in [-0.1, -0.05) is 6.07 Å². The van der Waals surface area contributed by atoms with E-state index in [9.17, 15) is 20.3 Å². The Hall–Kier alpha value is -1.93. The molecule has 231 valence electrons. The number of benzene rings is 2. The molecule has 4 bridgehead atoms. The number of esters is 1. The van der Waals surface area contributed by atoms with Gasteiger partial charge in [0.05, 0.1) is 30.5 Å². The first kappa shape index (κ1) is 32.0. The van der Waals surface area contributed by atoms with Crippen LogP contribution in [-0.4, -0.2) is 102 Å². The Balaban J connectivity index is 0.00000343. The SMILES string of the molecule is COc1c(C)cc2c(c1O)[C@@H]1C3[C@@H]4SC[C@H](N(C)C)C(=O)OC[C@@H](c5c6c(c(C)c(O)c54)OCO6)N3[C@@H](C#N)[C@H](C2)N1C.[Ac]. The zero-order chi connectivity index (χ0) is 30.5. The van der Waals surface area contributed by atoms with Crippen molar-refractivity contribution in [2.75, 3.05) is 47.4 Å². The summed E-state index contributed by atoms with van der Waals surface area (Å²) in [6.45, 7) is 3.72. The maximum absolute atomic E-state index is 13.4. The Labute approximate surface area is 296 Å². The first-order valence-corrected chi connectivity index (χ1v) is 15.5. The Kier molecular flexibility index (Phi) is 8.52. The monoisotopic (exact) mass is 835 g/mol. The van der Waals surface area contributed by atoms with E-state index in [4.69, 9.17) is 18.9 Å². The molecule has 7 rings (SSSR count). The number of cyclic esters (lactones) is 1. The maximum atomic E-state index is 13.4. The average Bonchev–Trinajstić information content (AvgIpc) is 3.46. The van der Waals surface area contributed by atoms with E-state index >= 15 is 0 Å². The van der Waals surface area contributed by atoms with E-state index < -0.39 is 23.4 Å². The third-order valence-electron chi connectivity index (χ3n) is 10.0. The van der Waals surface area contributed by atoms with Gasteiger partial charge in [0, 0.05) is 84.2 Å². The largest absolute Gasteiger partial charge is 0.507 e. The standard InChI is InChI=1S/C31H36N4O7S.Ac/c1-13-7-15-8-16-17(9-32)35-18-10-40-31(38)19(33(3)4)11-43-30(22-21(18)29-28(41-12-42-29)14(2)25(22)36)24(35)23(34(16)5)20(15)26(37)27(13)39-6;/h7,16-19,23-24,30,36-37H,8,10-12H2,1-6H3;/t16-,17-,18-,19-,23+,24?,30+;/m0./s1. The van der Waals surface area contributed by atoms with Crippen LogP contribution in [0.4, 0.5) is 0 Å². The number of carbonyl (C=O) groups excluding carboxylic acids is 1. The summed E-state index contributed by atoms with van der Waals surface area (Å²) in [4.78, 5) is 19.6. The number of hydrogen-bond donors (Lipinski definition) is 2. The van der Waals surface area contributed by atoms with E-state index in [1.807, 2.05) is 39.9 Å². The van der Waals surface area contributed by atoms with Crippen molar-refractivity contribution >= 4 is 17.7 Å². The predicted molar refractivity (Wildman–Crippen MR) is 158 cm³/mol. The molecule has 13 heteroatoms. The fraction of sp³-hybridized carbons (Fsp3) is 0.548. The summed E-state index contributed by atoms with van der Waals surface area (Å²) >= 11 is 1.56. The molecule has 0 spiro atoms. The van der Waals surface area contributed by atoms with E-state index in [1.165, 1.54) is 0 Å². The van der Waals surface area contributed by atoms with E-state index in [0.29, 0.717) is 46.1 Å². The van der Waals surface area contributed by atoms with Crippen LogP contribution in [0.3, 0.4) is 0 Å². The van der Waals surface area contributed by atoms with Crippen molar-refractivity contribution in [3.05, 3.63) is 39.4 Å². The van der Waals surface area contributed by atoms with E-state index in [2.05, 4.69) is 21.9 Å². The van der Waals surface area contributed by atoms with Crippen LogP contribution < -0.4 is 14.2 Å². The number of piperazine rings is 1. The van der Waals surface area contributed by atoms with Gasteiger partial charge in [-0.15, -0.1) is 11.8 Å². The van der Waals surface area contributed by atoms with Crippen LogP contribution in [0.25, 0.3) is 0 Å². The number of fused-ring (bicyclic) bond motifs is 9. The second kappa shape index (κ2) is 11.7. The fourth-order valence-electron chi connectivity index (χ4n) is 8.06. The van der Waals surface area contributed by atoms with Crippen molar-refractivity contribution in [3.63, 3.8) is 0 Å². The number of phenolic OH excluding ortho intramolecular Hbond substituents is 2. The number of nitriles is 1. The van der Waals surface area contributed by atoms with Crippen LogP contribution in [0, 0.1) is 69.2 Å². The molecule has 1 radical (unpaired) electrons. The molecule has 0 saturated carbocycles. The summed E-state index contributed by atoms with van der Waals surface area (Å²) in [6, 6.07) is 2.07. The molecule has 2 fully saturated rings. The van der Waals surface area contributed by atoms with Crippen molar-refractivity contribution in [1.82, 2.24) is 14.7 Å². The molecule has 0 aromatic heterocycles. The fourth-order valence-corrected chi connectivity index (χ4v) is 9.77. The summed E-state index contributed by atoms with van der Waals surface area (Å²) in [5.41, 5.74) is 4.60. The molecule has 44 heavy (non-hydrogen) atoms. The van der Waals surface area contributed by atoms with Crippen molar-refractivity contribution in [2.24, 2.45) is 0 Å². The Morgan fingerprint density at radius 1 is 1.11 bits per heavy atom. The molecule has 11 nitrogen and oxygen atoms in total. The third kappa shape index (κ3) is 4.39. The first-order valence-electron chi connectivity index (χ1n) is 14.5. The number of thioether (sulfide) groups is 1. The zero-order valence-electron chi connectivity index (χ0n) is 25.7. The molecule has 2 saturated heterocycles. The van der Waals surface area contributed by atoms with Crippen LogP contribution in [0.15, 0.2) is 6.07 Å². The van der Waals surface area contributed by atoms with E-state index in [-0.39, 0.29) is 93.1 Å². The number of aromatic hydroxyl groups is 2. The van der Waals surface area contributed by atoms with Crippen LogP contribution >= 0.6 is 11.8 Å². The molecule has 0 amide bonds. The number of ether oxygens (including phenoxy) is 4. The summed E-state index contributed by atoms with van der Waals surface area (Å²) in [6.07, 6.45) is 0.554. The van der Waals surface area contributed by atoms with Crippen LogP contribution in [0.1, 0.15) is 50.7 Å². The number of likely N-dealkylation sites (N-methyl/N-ethyl adjacent to an activating group) is 2. The number of methoxy groups -OCH3 is 1. The van der Waals surface area contributed by atoms with E-state index in [1.54, 1.807) is 18.9 Å². The van der Waals surface area contributed by atoms with Crippen molar-refractivity contribution in [2.45, 2.75) is 61.8 Å². The molecule has 2 N–H and O–H groups in total. The Bertz CT molecular complexity index is 1580. The van der Waals surface area contributed by atoms with Gasteiger partial charge in [0.25, 0.3) is 0 Å². The molecule has 7 atom stereocenters. The van der Waals surface area contributed by atoms with Gasteiger partial charge in [-0.25, -0.2) is 0 Å². The van der Waals surface area contributed by atoms with Gasteiger partial charge in [0.1, 0.15) is 24.4 Å². The number of nitrogens with zero attached hydrogens (tertiary/aromatic N) is 4. The first-order chi connectivity index (χ1) is 20.6. The Morgan fingerprint density at radius 2 is 1.84 bits per heavy atom. The predicted octanol–water partition coefficient (Wildman–Crippen LogP) is 2.94. The normalized spacial score (nSPS) is 30.4. The van der Waals surface area contributed by atoms with E-state index in [0.717, 1.165) is 16.7 Å². The second-order valence-corrected chi connectivity index (χ2v) is 13.5. The summed E-state index contributed by atoms with van der Waals surface area (Å²) in [7, 11) is 7.27. The maximum Gasteiger partial charge on any atom is 0.324 e. The minimum atomic E-state index is -0.594. The number of phenols is 2. The molecular formula is C31H36AcN4O7S. The summed E-state index contributed by atoms with van der Waals surface area (Å²) < 4.78 is 23.6. The quantitative estimate of drug-likeness (QED) is 0.433. The third-order valence-corrected chi connectivity index (χ3v) is 11.4. The van der Waals surface area contributed by atoms with Crippen molar-refractivity contribution in [3.8, 4) is 34.8 Å².